The maximum Gasteiger partial charge on any atom is 0.251 e. The predicted octanol–water partition coefficient (Wildman–Crippen LogP) is 3.73. The summed E-state index contributed by atoms with van der Waals surface area (Å²) in [6.45, 7) is 5.83. The quantitative estimate of drug-likeness (QED) is 0.675. The third-order valence-electron chi connectivity index (χ3n) is 4.83. The Bertz CT molecular complexity index is 801. The second kappa shape index (κ2) is 10.5. The summed E-state index contributed by atoms with van der Waals surface area (Å²) < 4.78 is 10.3. The normalized spacial score (nSPS) is 12.8. The van der Waals surface area contributed by atoms with Gasteiger partial charge in [-0.1, -0.05) is 32.9 Å². The lowest BCUT2D eigenvalue weighted by atomic mass is 10.00. The van der Waals surface area contributed by atoms with Gasteiger partial charge in [-0.2, -0.15) is 0 Å². The van der Waals surface area contributed by atoms with Crippen molar-refractivity contribution in [3.8, 4) is 11.5 Å². The van der Waals surface area contributed by atoms with Crippen LogP contribution in [0, 0.1) is 5.92 Å². The van der Waals surface area contributed by atoms with Crippen LogP contribution >= 0.6 is 0 Å². The van der Waals surface area contributed by atoms with E-state index in [0.29, 0.717) is 11.3 Å². The summed E-state index contributed by atoms with van der Waals surface area (Å²) in [5.74, 6) is 0.876. The number of nitrogens with one attached hydrogen (secondary N) is 2. The largest absolute Gasteiger partial charge is 0.497 e. The fourth-order valence-corrected chi connectivity index (χ4v) is 3.02. The molecule has 29 heavy (non-hydrogen) atoms. The van der Waals surface area contributed by atoms with Crippen molar-refractivity contribution in [2.45, 2.75) is 39.3 Å². The van der Waals surface area contributed by atoms with Crippen LogP contribution in [-0.2, 0) is 4.79 Å². The monoisotopic (exact) mass is 398 g/mol. The molecule has 6 heteroatoms. The fourth-order valence-electron chi connectivity index (χ4n) is 3.02. The van der Waals surface area contributed by atoms with Crippen LogP contribution in [-0.4, -0.2) is 32.1 Å². The summed E-state index contributed by atoms with van der Waals surface area (Å²) in [5, 5.41) is 5.92. The average molecular weight is 399 g/mol. The van der Waals surface area contributed by atoms with Crippen LogP contribution in [0.15, 0.2) is 48.5 Å². The van der Waals surface area contributed by atoms with E-state index in [1.54, 1.807) is 38.5 Å². The van der Waals surface area contributed by atoms with Crippen molar-refractivity contribution in [3.05, 3.63) is 59.7 Å². The highest BCUT2D eigenvalue weighted by Crippen LogP contribution is 2.21. The summed E-state index contributed by atoms with van der Waals surface area (Å²) in [6.07, 6.45) is 0.731. The van der Waals surface area contributed by atoms with E-state index < -0.39 is 6.04 Å². The van der Waals surface area contributed by atoms with Crippen LogP contribution in [0.25, 0.3) is 0 Å². The minimum Gasteiger partial charge on any atom is -0.497 e. The maximum atomic E-state index is 12.9. The highest BCUT2D eigenvalue weighted by molar-refractivity contribution is 5.97. The Hall–Kier alpha value is -3.02. The number of hydrogen-bond acceptors (Lipinski definition) is 4. The average Bonchev–Trinajstić information content (AvgIpc) is 2.75. The van der Waals surface area contributed by atoms with Gasteiger partial charge in [-0.3, -0.25) is 9.59 Å². The van der Waals surface area contributed by atoms with Gasteiger partial charge in [0.25, 0.3) is 5.91 Å². The SMILES string of the molecule is CCC(NC(=O)C(NC(=O)c1ccc(OC)cc1)C(C)C)c1ccc(OC)cc1. The summed E-state index contributed by atoms with van der Waals surface area (Å²) in [5.41, 5.74) is 1.47. The van der Waals surface area contributed by atoms with Gasteiger partial charge < -0.3 is 20.1 Å². The Morgan fingerprint density at radius 3 is 1.83 bits per heavy atom. The van der Waals surface area contributed by atoms with Gasteiger partial charge in [0, 0.05) is 5.56 Å². The highest BCUT2D eigenvalue weighted by Gasteiger charge is 2.26. The molecule has 2 aromatic carbocycles. The van der Waals surface area contributed by atoms with E-state index in [2.05, 4.69) is 10.6 Å². The van der Waals surface area contributed by atoms with E-state index in [0.717, 1.165) is 17.7 Å². The Kier molecular flexibility index (Phi) is 8.07. The standard InChI is InChI=1S/C23H30N2O4/c1-6-20(16-7-11-18(28-4)12-8-16)24-23(27)21(15(2)3)25-22(26)17-9-13-19(29-5)14-10-17/h7-15,20-21H,6H2,1-5H3,(H,24,27)(H,25,26). The van der Waals surface area contributed by atoms with Crippen molar-refractivity contribution in [2.75, 3.05) is 14.2 Å². The molecule has 0 heterocycles. The Morgan fingerprint density at radius 1 is 0.862 bits per heavy atom. The van der Waals surface area contributed by atoms with Crippen LogP contribution in [0.4, 0.5) is 0 Å². The molecule has 0 fully saturated rings. The molecule has 0 spiro atoms. The van der Waals surface area contributed by atoms with Crippen LogP contribution in [0.5, 0.6) is 11.5 Å². The lowest BCUT2D eigenvalue weighted by molar-refractivity contribution is -0.124. The predicted molar refractivity (Wildman–Crippen MR) is 113 cm³/mol. The van der Waals surface area contributed by atoms with Gasteiger partial charge in [-0.05, 0) is 54.3 Å². The molecule has 0 aliphatic carbocycles. The molecule has 2 rings (SSSR count). The lowest BCUT2D eigenvalue weighted by Crippen LogP contribution is -2.50. The van der Waals surface area contributed by atoms with Gasteiger partial charge in [0.05, 0.1) is 20.3 Å². The Balaban J connectivity index is 2.09. The number of carbonyl (C=O) groups excluding carboxylic acids is 2. The molecule has 0 bridgehead atoms. The smallest absolute Gasteiger partial charge is 0.251 e. The topological polar surface area (TPSA) is 76.7 Å². The third-order valence-corrected chi connectivity index (χ3v) is 4.83. The van der Waals surface area contributed by atoms with Crippen LogP contribution < -0.4 is 20.1 Å². The molecule has 2 aromatic rings. The zero-order valence-corrected chi connectivity index (χ0v) is 17.7. The van der Waals surface area contributed by atoms with Crippen molar-refractivity contribution in [3.63, 3.8) is 0 Å². The number of amides is 2. The van der Waals surface area contributed by atoms with E-state index in [1.165, 1.54) is 0 Å². The first-order valence-electron chi connectivity index (χ1n) is 9.78. The molecule has 2 amide bonds. The van der Waals surface area contributed by atoms with Crippen molar-refractivity contribution < 1.29 is 19.1 Å². The first kappa shape index (κ1) is 22.3. The summed E-state index contributed by atoms with van der Waals surface area (Å²) in [4.78, 5) is 25.6. The molecule has 0 aliphatic rings. The number of benzene rings is 2. The van der Waals surface area contributed by atoms with Crippen LogP contribution in [0.1, 0.15) is 49.2 Å². The molecule has 6 nitrogen and oxygen atoms in total. The number of hydrogen-bond donors (Lipinski definition) is 2. The number of ether oxygens (including phenoxy) is 2. The molecule has 0 aromatic heterocycles. The van der Waals surface area contributed by atoms with Gasteiger partial charge in [-0.25, -0.2) is 0 Å². The second-order valence-corrected chi connectivity index (χ2v) is 7.17. The first-order chi connectivity index (χ1) is 13.9. The Morgan fingerprint density at radius 2 is 1.38 bits per heavy atom. The van der Waals surface area contributed by atoms with Crippen molar-refractivity contribution in [1.82, 2.24) is 10.6 Å². The summed E-state index contributed by atoms with van der Waals surface area (Å²) in [6, 6.07) is 13.6. The molecule has 2 N–H and O–H groups in total. The van der Waals surface area contributed by atoms with E-state index in [1.807, 2.05) is 45.0 Å². The lowest BCUT2D eigenvalue weighted by Gasteiger charge is -2.25. The molecule has 2 atom stereocenters. The number of rotatable bonds is 9. The molecule has 2 unspecified atom stereocenters. The van der Waals surface area contributed by atoms with Gasteiger partial charge in [-0.15, -0.1) is 0 Å². The minimum atomic E-state index is -0.642. The molecule has 0 radical (unpaired) electrons. The molecule has 0 saturated carbocycles. The zero-order chi connectivity index (χ0) is 21.4. The summed E-state index contributed by atoms with van der Waals surface area (Å²) in [7, 11) is 3.19. The molecular formula is C23H30N2O4. The number of carbonyl (C=O) groups is 2. The first-order valence-corrected chi connectivity index (χ1v) is 9.78. The zero-order valence-electron chi connectivity index (χ0n) is 17.7. The van der Waals surface area contributed by atoms with Crippen LogP contribution in [0.3, 0.4) is 0 Å². The van der Waals surface area contributed by atoms with Gasteiger partial charge in [0.2, 0.25) is 5.91 Å². The highest BCUT2D eigenvalue weighted by atomic mass is 16.5. The van der Waals surface area contributed by atoms with E-state index in [9.17, 15) is 9.59 Å². The van der Waals surface area contributed by atoms with Gasteiger partial charge >= 0.3 is 0 Å². The summed E-state index contributed by atoms with van der Waals surface area (Å²) >= 11 is 0. The van der Waals surface area contributed by atoms with Crippen molar-refractivity contribution in [2.24, 2.45) is 5.92 Å². The molecule has 0 aliphatic heterocycles. The van der Waals surface area contributed by atoms with Crippen molar-refractivity contribution in [1.29, 1.82) is 0 Å². The third kappa shape index (κ3) is 5.98. The molecule has 156 valence electrons. The van der Waals surface area contributed by atoms with Crippen LogP contribution in [0.2, 0.25) is 0 Å². The van der Waals surface area contributed by atoms with E-state index >= 15 is 0 Å². The second-order valence-electron chi connectivity index (χ2n) is 7.17. The maximum absolute atomic E-state index is 12.9. The fraction of sp³-hybridized carbons (Fsp3) is 0.391. The number of methoxy groups -OCH3 is 2. The van der Waals surface area contributed by atoms with Crippen molar-refractivity contribution >= 4 is 11.8 Å². The minimum absolute atomic E-state index is 0.0643. The molecular weight excluding hydrogens is 368 g/mol. The van der Waals surface area contributed by atoms with E-state index in [4.69, 9.17) is 9.47 Å². The molecule has 0 saturated heterocycles. The Labute approximate surface area is 172 Å². The van der Waals surface area contributed by atoms with E-state index in [-0.39, 0.29) is 23.8 Å². The van der Waals surface area contributed by atoms with Gasteiger partial charge in [0.1, 0.15) is 17.5 Å². The van der Waals surface area contributed by atoms with Gasteiger partial charge in [0.15, 0.2) is 0 Å².